The molecule has 0 unspecified atom stereocenters. The van der Waals surface area contributed by atoms with Crippen molar-refractivity contribution in [2.75, 3.05) is 6.26 Å². The van der Waals surface area contributed by atoms with Crippen molar-refractivity contribution in [1.29, 1.82) is 0 Å². The first kappa shape index (κ1) is 13.8. The van der Waals surface area contributed by atoms with Crippen LogP contribution in [0.1, 0.15) is 26.3 Å². The van der Waals surface area contributed by atoms with Crippen LogP contribution in [0.4, 0.5) is 0 Å². The topological polar surface area (TPSA) is 38.9 Å². The van der Waals surface area contributed by atoms with Crippen LogP contribution in [-0.2, 0) is 6.42 Å². The summed E-state index contributed by atoms with van der Waals surface area (Å²) < 4.78 is 5.43. The van der Waals surface area contributed by atoms with Crippen molar-refractivity contribution in [3.63, 3.8) is 0 Å². The van der Waals surface area contributed by atoms with Gasteiger partial charge in [0, 0.05) is 5.56 Å². The van der Waals surface area contributed by atoms with Crippen molar-refractivity contribution in [1.82, 2.24) is 10.2 Å². The lowest BCUT2D eigenvalue weighted by Gasteiger charge is -1.97. The summed E-state index contributed by atoms with van der Waals surface area (Å²) in [7, 11) is 0. The largest absolute Gasteiger partial charge is 0.411 e. The Morgan fingerprint density at radius 3 is 2.24 bits per heavy atom. The summed E-state index contributed by atoms with van der Waals surface area (Å²) in [5.74, 6) is 0.585. The lowest BCUT2D eigenvalue weighted by molar-refractivity contribution is 0.466. The Balaban J connectivity index is 0.000000686. The van der Waals surface area contributed by atoms with E-state index in [-0.39, 0.29) is 0 Å². The molecule has 0 N–H and O–H groups in total. The maximum atomic E-state index is 5.43. The first-order valence-electron chi connectivity index (χ1n) is 5.80. The molecule has 0 aliphatic heterocycles. The molecule has 92 valence electrons. The third kappa shape index (κ3) is 3.60. The number of nitrogens with zero attached hydrogens (tertiary/aromatic N) is 2. The lowest BCUT2D eigenvalue weighted by atomic mass is 10.1. The number of benzene rings is 1. The molecule has 3 nitrogen and oxygen atoms in total. The second-order valence-electron chi connectivity index (χ2n) is 3.13. The summed E-state index contributed by atoms with van der Waals surface area (Å²) in [5.41, 5.74) is 2.28. The van der Waals surface area contributed by atoms with Gasteiger partial charge in [0.1, 0.15) is 0 Å². The zero-order valence-electron chi connectivity index (χ0n) is 10.7. The van der Waals surface area contributed by atoms with E-state index >= 15 is 0 Å². The van der Waals surface area contributed by atoms with Gasteiger partial charge in [-0.05, 0) is 30.4 Å². The van der Waals surface area contributed by atoms with Gasteiger partial charge >= 0.3 is 0 Å². The average Bonchev–Trinajstić information content (AvgIpc) is 2.90. The Morgan fingerprint density at radius 2 is 1.76 bits per heavy atom. The highest BCUT2D eigenvalue weighted by molar-refractivity contribution is 7.98. The van der Waals surface area contributed by atoms with E-state index in [4.69, 9.17) is 4.42 Å². The Labute approximate surface area is 107 Å². The highest BCUT2D eigenvalue weighted by Gasteiger charge is 2.06. The number of rotatable bonds is 3. The van der Waals surface area contributed by atoms with Gasteiger partial charge in [-0.3, -0.25) is 0 Å². The van der Waals surface area contributed by atoms with E-state index in [9.17, 15) is 0 Å². The molecule has 0 atom stereocenters. The summed E-state index contributed by atoms with van der Waals surface area (Å²) in [5, 5.41) is 8.48. The second kappa shape index (κ2) is 7.12. The maximum absolute atomic E-state index is 5.43. The van der Waals surface area contributed by atoms with Crippen LogP contribution in [0, 0.1) is 0 Å². The maximum Gasteiger partial charge on any atom is 0.276 e. The van der Waals surface area contributed by atoms with E-state index in [0.717, 1.165) is 12.0 Å². The zero-order chi connectivity index (χ0) is 12.7. The Kier molecular flexibility index (Phi) is 5.77. The van der Waals surface area contributed by atoms with Crippen LogP contribution in [0.3, 0.4) is 0 Å². The van der Waals surface area contributed by atoms with E-state index < -0.39 is 0 Å². The van der Waals surface area contributed by atoms with Gasteiger partial charge in [-0.2, -0.15) is 0 Å². The predicted molar refractivity (Wildman–Crippen MR) is 72.2 cm³/mol. The van der Waals surface area contributed by atoms with E-state index in [1.54, 1.807) is 0 Å². The van der Waals surface area contributed by atoms with Gasteiger partial charge in [0.05, 0.1) is 0 Å². The van der Waals surface area contributed by atoms with Crippen LogP contribution in [0.2, 0.25) is 0 Å². The summed E-state index contributed by atoms with van der Waals surface area (Å²) >= 11 is 1.45. The molecule has 0 saturated heterocycles. The Bertz CT molecular complexity index is 437. The Morgan fingerprint density at radius 1 is 1.12 bits per heavy atom. The fourth-order valence-electron chi connectivity index (χ4n) is 1.29. The van der Waals surface area contributed by atoms with Crippen LogP contribution in [0.25, 0.3) is 11.5 Å². The van der Waals surface area contributed by atoms with Crippen LogP contribution in [0.15, 0.2) is 33.9 Å². The molecule has 4 heteroatoms. The Hall–Kier alpha value is -1.29. The van der Waals surface area contributed by atoms with Crippen molar-refractivity contribution >= 4 is 11.8 Å². The van der Waals surface area contributed by atoms with E-state index in [1.165, 1.54) is 17.3 Å². The molecular formula is C13H18N2OS. The number of aromatic nitrogens is 2. The molecule has 0 fully saturated rings. The molecule has 0 spiro atoms. The number of aryl methyl sites for hydroxylation is 1. The average molecular weight is 250 g/mol. The molecule has 1 aromatic carbocycles. The molecule has 0 radical (unpaired) electrons. The highest BCUT2D eigenvalue weighted by Crippen LogP contribution is 2.21. The lowest BCUT2D eigenvalue weighted by Crippen LogP contribution is -1.81. The minimum atomic E-state index is 0.585. The van der Waals surface area contributed by atoms with E-state index in [1.807, 2.05) is 32.2 Å². The minimum absolute atomic E-state index is 0.585. The van der Waals surface area contributed by atoms with Crippen molar-refractivity contribution in [2.24, 2.45) is 0 Å². The summed E-state index contributed by atoms with van der Waals surface area (Å²) in [4.78, 5) is 0. The first-order chi connectivity index (χ1) is 8.33. The van der Waals surface area contributed by atoms with E-state index in [2.05, 4.69) is 29.3 Å². The molecule has 1 aromatic heterocycles. The van der Waals surface area contributed by atoms with E-state index in [0.29, 0.717) is 11.1 Å². The minimum Gasteiger partial charge on any atom is -0.411 e. The van der Waals surface area contributed by atoms with Crippen molar-refractivity contribution in [3.8, 4) is 11.5 Å². The molecule has 2 aromatic rings. The van der Waals surface area contributed by atoms with Gasteiger partial charge in [-0.1, -0.05) is 44.7 Å². The summed E-state index contributed by atoms with van der Waals surface area (Å²) in [6, 6.07) is 8.18. The number of hydrogen-bond acceptors (Lipinski definition) is 4. The molecule has 0 aliphatic carbocycles. The fourth-order valence-corrected chi connectivity index (χ4v) is 1.58. The third-order valence-electron chi connectivity index (χ3n) is 2.19. The SMILES string of the molecule is CC.CCc1ccc(-c2nnc(SC)o2)cc1. The highest BCUT2D eigenvalue weighted by atomic mass is 32.2. The first-order valence-corrected chi connectivity index (χ1v) is 7.02. The van der Waals surface area contributed by atoms with Crippen LogP contribution >= 0.6 is 11.8 Å². The molecule has 0 saturated carbocycles. The summed E-state index contributed by atoms with van der Waals surface area (Å²) in [6.45, 7) is 6.13. The molecule has 0 bridgehead atoms. The van der Waals surface area contributed by atoms with Gasteiger partial charge in [0.2, 0.25) is 5.89 Å². The monoisotopic (exact) mass is 250 g/mol. The molecular weight excluding hydrogens is 232 g/mol. The van der Waals surface area contributed by atoms with Crippen LogP contribution in [-0.4, -0.2) is 16.5 Å². The number of hydrogen-bond donors (Lipinski definition) is 0. The van der Waals surface area contributed by atoms with Gasteiger partial charge < -0.3 is 4.42 Å². The molecule has 17 heavy (non-hydrogen) atoms. The van der Waals surface area contributed by atoms with Crippen LogP contribution < -0.4 is 0 Å². The van der Waals surface area contributed by atoms with Crippen molar-refractivity contribution in [3.05, 3.63) is 29.8 Å². The quantitative estimate of drug-likeness (QED) is 0.770. The standard InChI is InChI=1S/C11H12N2OS.C2H6/c1-3-8-4-6-9(7-5-8)10-12-13-11(14-10)15-2;1-2/h4-7H,3H2,1-2H3;1-2H3. The zero-order valence-corrected chi connectivity index (χ0v) is 11.5. The second-order valence-corrected chi connectivity index (χ2v) is 3.89. The summed E-state index contributed by atoms with van der Waals surface area (Å²) in [6.07, 6.45) is 2.96. The molecule has 1 heterocycles. The van der Waals surface area contributed by atoms with Gasteiger partial charge in [-0.15, -0.1) is 10.2 Å². The van der Waals surface area contributed by atoms with Crippen LogP contribution in [0.5, 0.6) is 0 Å². The van der Waals surface area contributed by atoms with Gasteiger partial charge in [-0.25, -0.2) is 0 Å². The molecule has 0 amide bonds. The molecule has 2 rings (SSSR count). The molecule has 0 aliphatic rings. The van der Waals surface area contributed by atoms with Gasteiger partial charge in [0.25, 0.3) is 5.22 Å². The predicted octanol–water partition coefficient (Wildman–Crippen LogP) is 4.05. The van der Waals surface area contributed by atoms with Gasteiger partial charge in [0.15, 0.2) is 0 Å². The van der Waals surface area contributed by atoms with Crippen molar-refractivity contribution < 1.29 is 4.42 Å². The fraction of sp³-hybridized carbons (Fsp3) is 0.385. The third-order valence-corrected chi connectivity index (χ3v) is 2.70. The number of thioether (sulfide) groups is 1. The normalized spacial score (nSPS) is 9.65. The van der Waals surface area contributed by atoms with Crippen molar-refractivity contribution in [2.45, 2.75) is 32.4 Å². The smallest absolute Gasteiger partial charge is 0.276 e.